The van der Waals surface area contributed by atoms with E-state index in [4.69, 9.17) is 0 Å². The number of hydrogen-bond acceptors (Lipinski definition) is 3. The average molecular weight is 220 g/mol. The van der Waals surface area contributed by atoms with E-state index in [1.54, 1.807) is 16.7 Å². The molecular formula is C10H18F2N2O. The van der Waals surface area contributed by atoms with Gasteiger partial charge in [-0.3, -0.25) is 9.80 Å². The monoisotopic (exact) mass is 220 g/mol. The van der Waals surface area contributed by atoms with Crippen LogP contribution in [0.25, 0.3) is 0 Å². The minimum Gasteiger partial charge on any atom is -0.379 e. The maximum atomic E-state index is 13.8. The van der Waals surface area contributed by atoms with Crippen LogP contribution in [-0.2, 0) is 0 Å². The van der Waals surface area contributed by atoms with Gasteiger partial charge in [-0.15, -0.1) is 0 Å². The number of hydrogen-bond donors (Lipinski definition) is 1. The highest BCUT2D eigenvalue weighted by molar-refractivity contribution is 5.11. The molecule has 0 saturated carbocycles. The first-order valence-electron chi connectivity index (χ1n) is 5.42. The van der Waals surface area contributed by atoms with Crippen LogP contribution in [0, 0.1) is 5.41 Å². The maximum Gasteiger partial charge on any atom is 0.269 e. The first-order chi connectivity index (χ1) is 6.90. The van der Waals surface area contributed by atoms with Gasteiger partial charge in [0.15, 0.2) is 0 Å². The van der Waals surface area contributed by atoms with Gasteiger partial charge in [-0.05, 0) is 13.5 Å². The van der Waals surface area contributed by atoms with Crippen LogP contribution in [0.2, 0.25) is 0 Å². The van der Waals surface area contributed by atoms with Crippen LogP contribution in [0.3, 0.4) is 0 Å². The van der Waals surface area contributed by atoms with Crippen molar-refractivity contribution >= 4 is 0 Å². The molecule has 2 aliphatic heterocycles. The summed E-state index contributed by atoms with van der Waals surface area (Å²) < 4.78 is 27.5. The van der Waals surface area contributed by atoms with Crippen molar-refractivity contribution in [1.82, 2.24) is 9.80 Å². The Morgan fingerprint density at radius 2 is 1.87 bits per heavy atom. The van der Waals surface area contributed by atoms with Crippen LogP contribution in [0.5, 0.6) is 0 Å². The summed E-state index contributed by atoms with van der Waals surface area (Å²) in [7, 11) is 0. The predicted molar refractivity (Wildman–Crippen MR) is 52.7 cm³/mol. The topological polar surface area (TPSA) is 26.7 Å². The Labute approximate surface area is 88.7 Å². The number of aliphatic hydroxyl groups excluding tert-OH is 1. The molecule has 1 atom stereocenters. The molecule has 0 radical (unpaired) electrons. The zero-order valence-corrected chi connectivity index (χ0v) is 9.21. The van der Waals surface area contributed by atoms with E-state index < -0.39 is 17.6 Å². The minimum absolute atomic E-state index is 0.128. The van der Waals surface area contributed by atoms with E-state index >= 15 is 0 Å². The quantitative estimate of drug-likeness (QED) is 0.738. The van der Waals surface area contributed by atoms with Crippen molar-refractivity contribution in [2.75, 3.05) is 32.7 Å². The lowest BCUT2D eigenvalue weighted by Gasteiger charge is -2.51. The van der Waals surface area contributed by atoms with Crippen molar-refractivity contribution in [3.05, 3.63) is 0 Å². The molecule has 0 aliphatic carbocycles. The van der Waals surface area contributed by atoms with E-state index in [2.05, 4.69) is 0 Å². The van der Waals surface area contributed by atoms with Gasteiger partial charge >= 0.3 is 0 Å². The van der Waals surface area contributed by atoms with Gasteiger partial charge in [0.25, 0.3) is 5.92 Å². The fourth-order valence-electron chi connectivity index (χ4n) is 2.60. The first-order valence-corrected chi connectivity index (χ1v) is 5.42. The third-order valence-electron chi connectivity index (χ3n) is 3.71. The van der Waals surface area contributed by atoms with Gasteiger partial charge in [-0.2, -0.15) is 0 Å². The summed E-state index contributed by atoms with van der Waals surface area (Å²) in [6, 6.07) is 0. The highest BCUT2D eigenvalue weighted by Crippen LogP contribution is 2.50. The summed E-state index contributed by atoms with van der Waals surface area (Å²) in [5.41, 5.74) is -0.903. The number of likely N-dealkylation sites (tertiary alicyclic amines) is 2. The van der Waals surface area contributed by atoms with Gasteiger partial charge in [-0.1, -0.05) is 6.92 Å². The normalized spacial score (nSPS) is 31.8. The molecule has 5 heteroatoms. The molecule has 15 heavy (non-hydrogen) atoms. The smallest absolute Gasteiger partial charge is 0.269 e. The van der Waals surface area contributed by atoms with E-state index in [9.17, 15) is 13.9 Å². The third-order valence-corrected chi connectivity index (χ3v) is 3.71. The van der Waals surface area contributed by atoms with E-state index in [0.29, 0.717) is 26.2 Å². The second-order valence-corrected chi connectivity index (χ2v) is 4.82. The van der Waals surface area contributed by atoms with Crippen LogP contribution in [0.1, 0.15) is 13.8 Å². The Bertz CT molecular complexity index is 252. The van der Waals surface area contributed by atoms with Gasteiger partial charge in [0.1, 0.15) is 6.23 Å². The molecule has 1 spiro atoms. The lowest BCUT2D eigenvalue weighted by molar-refractivity contribution is -0.190. The number of nitrogens with zero attached hydrogens (tertiary/aromatic N) is 2. The molecule has 1 unspecified atom stereocenters. The van der Waals surface area contributed by atoms with Crippen molar-refractivity contribution in [3.63, 3.8) is 0 Å². The average Bonchev–Trinajstić information content (AvgIpc) is 2.33. The van der Waals surface area contributed by atoms with Gasteiger partial charge in [0.2, 0.25) is 0 Å². The molecule has 2 saturated heterocycles. The third kappa shape index (κ3) is 1.57. The summed E-state index contributed by atoms with van der Waals surface area (Å²) in [5.74, 6) is -2.60. The van der Waals surface area contributed by atoms with Gasteiger partial charge in [0, 0.05) is 19.6 Å². The maximum absolute atomic E-state index is 13.8. The Balaban J connectivity index is 2.05. The van der Waals surface area contributed by atoms with E-state index in [1.165, 1.54) is 0 Å². The van der Waals surface area contributed by atoms with Gasteiger partial charge in [-0.25, -0.2) is 8.78 Å². The Hall–Kier alpha value is -0.260. The second-order valence-electron chi connectivity index (χ2n) is 4.82. The molecule has 0 aromatic carbocycles. The zero-order chi connectivity index (χ0) is 11.3. The predicted octanol–water partition coefficient (Wildman–Crippen LogP) is 0.597. The molecule has 2 heterocycles. The molecule has 0 aromatic heterocycles. The fraction of sp³-hybridized carbons (Fsp3) is 1.00. The van der Waals surface area contributed by atoms with Crippen molar-refractivity contribution in [1.29, 1.82) is 0 Å². The molecule has 0 amide bonds. The van der Waals surface area contributed by atoms with E-state index in [0.717, 1.165) is 0 Å². The van der Waals surface area contributed by atoms with Crippen molar-refractivity contribution < 1.29 is 13.9 Å². The molecule has 2 aliphatic rings. The molecular weight excluding hydrogens is 202 g/mol. The van der Waals surface area contributed by atoms with Crippen molar-refractivity contribution in [3.8, 4) is 0 Å². The number of rotatable bonds is 2. The molecule has 88 valence electrons. The summed E-state index contributed by atoms with van der Waals surface area (Å²) in [5, 5.41) is 9.28. The molecule has 3 nitrogen and oxygen atoms in total. The molecule has 2 fully saturated rings. The highest BCUT2D eigenvalue weighted by Gasteiger charge is 2.65. The van der Waals surface area contributed by atoms with E-state index in [1.807, 2.05) is 6.92 Å². The molecule has 0 aromatic rings. The summed E-state index contributed by atoms with van der Waals surface area (Å²) in [6.07, 6.45) is -0.609. The summed E-state index contributed by atoms with van der Waals surface area (Å²) in [4.78, 5) is 3.48. The van der Waals surface area contributed by atoms with Crippen molar-refractivity contribution in [2.45, 2.75) is 26.0 Å². The van der Waals surface area contributed by atoms with Crippen LogP contribution in [-0.4, -0.2) is 59.8 Å². The largest absolute Gasteiger partial charge is 0.379 e. The molecule has 0 bridgehead atoms. The Kier molecular flexibility index (Phi) is 2.52. The number of halogens is 2. The van der Waals surface area contributed by atoms with Gasteiger partial charge < -0.3 is 5.11 Å². The van der Waals surface area contributed by atoms with E-state index in [-0.39, 0.29) is 6.54 Å². The fourth-order valence-corrected chi connectivity index (χ4v) is 2.60. The zero-order valence-electron chi connectivity index (χ0n) is 9.21. The summed E-state index contributed by atoms with van der Waals surface area (Å²) in [6.45, 7) is 5.16. The molecule has 2 rings (SSSR count). The minimum atomic E-state index is -2.60. The SMILES string of the molecule is CCN1CC(F)(F)C2(C1)CN(C(C)O)C2. The Morgan fingerprint density at radius 1 is 1.27 bits per heavy atom. The second kappa shape index (κ2) is 3.37. The summed E-state index contributed by atoms with van der Waals surface area (Å²) >= 11 is 0. The first kappa shape index (κ1) is 11.2. The highest BCUT2D eigenvalue weighted by atomic mass is 19.3. The van der Waals surface area contributed by atoms with Crippen LogP contribution < -0.4 is 0 Å². The van der Waals surface area contributed by atoms with Crippen molar-refractivity contribution in [2.24, 2.45) is 5.41 Å². The lowest BCUT2D eigenvalue weighted by Crippen LogP contribution is -2.66. The van der Waals surface area contributed by atoms with Crippen LogP contribution >= 0.6 is 0 Å². The Morgan fingerprint density at radius 3 is 2.27 bits per heavy atom. The number of alkyl halides is 2. The number of aliphatic hydroxyl groups is 1. The van der Waals surface area contributed by atoms with Gasteiger partial charge in [0.05, 0.1) is 12.0 Å². The van der Waals surface area contributed by atoms with Crippen LogP contribution in [0.15, 0.2) is 0 Å². The molecule has 1 N–H and O–H groups in total. The lowest BCUT2D eigenvalue weighted by atomic mass is 9.76. The van der Waals surface area contributed by atoms with Crippen LogP contribution in [0.4, 0.5) is 8.78 Å². The standard InChI is InChI=1S/C10H18F2N2O/c1-3-13-4-9(10(11,12)7-13)5-14(6-9)8(2)15/h8,15H,3-7H2,1-2H3.